The van der Waals surface area contributed by atoms with Crippen molar-refractivity contribution in [2.24, 2.45) is 0 Å². The monoisotopic (exact) mass is 323 g/mol. The van der Waals surface area contributed by atoms with Gasteiger partial charge in [-0.3, -0.25) is 4.79 Å². The highest BCUT2D eigenvalue weighted by atomic mass is 16.3. The van der Waals surface area contributed by atoms with Crippen LogP contribution in [-0.2, 0) is 4.79 Å². The van der Waals surface area contributed by atoms with Gasteiger partial charge in [0.1, 0.15) is 0 Å². The highest BCUT2D eigenvalue weighted by Crippen LogP contribution is 2.25. The van der Waals surface area contributed by atoms with Gasteiger partial charge in [-0.25, -0.2) is 0 Å². The van der Waals surface area contributed by atoms with E-state index in [1.807, 2.05) is 4.90 Å². The Hall–Kier alpha value is -0.650. The third-order valence-corrected chi connectivity index (χ3v) is 5.74. The molecule has 1 atom stereocenters. The van der Waals surface area contributed by atoms with Crippen LogP contribution < -0.4 is 0 Å². The molecule has 3 saturated heterocycles. The smallest absolute Gasteiger partial charge is 0.223 e. The summed E-state index contributed by atoms with van der Waals surface area (Å²) >= 11 is 0. The molecular weight excluding hydrogens is 290 g/mol. The van der Waals surface area contributed by atoms with Gasteiger partial charge in [-0.1, -0.05) is 12.8 Å². The van der Waals surface area contributed by atoms with E-state index in [1.54, 1.807) is 0 Å². The third kappa shape index (κ3) is 4.91. The number of rotatable bonds is 5. The van der Waals surface area contributed by atoms with Crippen LogP contribution in [0, 0.1) is 0 Å². The summed E-state index contributed by atoms with van der Waals surface area (Å²) in [4.78, 5) is 19.2. The summed E-state index contributed by atoms with van der Waals surface area (Å²) in [7, 11) is 0. The summed E-state index contributed by atoms with van der Waals surface area (Å²) in [5.74, 6) is 0.228. The lowest BCUT2D eigenvalue weighted by molar-refractivity contribution is -0.131. The maximum absolute atomic E-state index is 12.5. The van der Waals surface area contributed by atoms with Gasteiger partial charge < -0.3 is 19.8 Å². The second-order valence-electron chi connectivity index (χ2n) is 7.78. The highest BCUT2D eigenvalue weighted by molar-refractivity contribution is 5.76. The molecule has 3 heterocycles. The van der Waals surface area contributed by atoms with Crippen LogP contribution in [0.15, 0.2) is 0 Å². The fraction of sp³-hybridized carbons (Fsp3) is 0.944. The van der Waals surface area contributed by atoms with Gasteiger partial charge in [-0.2, -0.15) is 0 Å². The van der Waals surface area contributed by atoms with E-state index < -0.39 is 5.60 Å². The number of nitrogens with zero attached hydrogens (tertiary/aromatic N) is 3. The van der Waals surface area contributed by atoms with Crippen LogP contribution in [-0.4, -0.2) is 83.7 Å². The first-order chi connectivity index (χ1) is 11.1. The minimum absolute atomic E-state index is 0.228. The van der Waals surface area contributed by atoms with Crippen molar-refractivity contribution in [1.29, 1.82) is 0 Å². The minimum Gasteiger partial charge on any atom is -0.387 e. The maximum atomic E-state index is 12.5. The van der Waals surface area contributed by atoms with Gasteiger partial charge in [0.05, 0.1) is 12.1 Å². The van der Waals surface area contributed by atoms with Crippen LogP contribution in [0.2, 0.25) is 0 Å². The van der Waals surface area contributed by atoms with Crippen molar-refractivity contribution in [1.82, 2.24) is 14.7 Å². The highest BCUT2D eigenvalue weighted by Gasteiger charge is 2.39. The predicted molar refractivity (Wildman–Crippen MR) is 91.3 cm³/mol. The lowest BCUT2D eigenvalue weighted by atomic mass is 10.0. The number of aliphatic hydroxyl groups is 1. The number of hydrogen-bond acceptors (Lipinski definition) is 4. The number of amides is 1. The second kappa shape index (κ2) is 7.95. The normalized spacial score (nSPS) is 30.7. The fourth-order valence-electron chi connectivity index (χ4n) is 4.33. The SMILES string of the molecule is O=C(CCN1CCCCCC1)N1CC[C@](O)(CN2CCCC2)C1. The van der Waals surface area contributed by atoms with Gasteiger partial charge in [0.25, 0.3) is 0 Å². The van der Waals surface area contributed by atoms with Crippen LogP contribution in [0.25, 0.3) is 0 Å². The summed E-state index contributed by atoms with van der Waals surface area (Å²) < 4.78 is 0. The van der Waals surface area contributed by atoms with Crippen LogP contribution in [0.3, 0.4) is 0 Å². The van der Waals surface area contributed by atoms with E-state index in [0.29, 0.717) is 13.0 Å². The van der Waals surface area contributed by atoms with E-state index in [2.05, 4.69) is 9.80 Å². The molecule has 0 unspecified atom stereocenters. The average molecular weight is 323 g/mol. The van der Waals surface area contributed by atoms with Gasteiger partial charge in [-0.05, 0) is 58.3 Å². The van der Waals surface area contributed by atoms with E-state index in [1.165, 1.54) is 38.5 Å². The van der Waals surface area contributed by atoms with Crippen LogP contribution in [0.5, 0.6) is 0 Å². The molecule has 0 spiro atoms. The molecule has 0 aromatic carbocycles. The number of carbonyl (C=O) groups excluding carboxylic acids is 1. The summed E-state index contributed by atoms with van der Waals surface area (Å²) in [6.07, 6.45) is 9.04. The first-order valence-corrected chi connectivity index (χ1v) is 9.60. The van der Waals surface area contributed by atoms with E-state index in [9.17, 15) is 9.90 Å². The van der Waals surface area contributed by atoms with Gasteiger partial charge in [0.2, 0.25) is 5.91 Å². The minimum atomic E-state index is -0.678. The Labute approximate surface area is 140 Å². The predicted octanol–water partition coefficient (Wildman–Crippen LogP) is 1.31. The standard InChI is InChI=1S/C18H33N3O2/c22-17(7-13-19-9-3-1-2-4-10-19)21-14-8-18(23,16-21)15-20-11-5-6-12-20/h23H,1-16H2/t18-/m0/s1. The Bertz CT molecular complexity index is 390. The van der Waals surface area contributed by atoms with E-state index in [0.717, 1.165) is 52.2 Å². The van der Waals surface area contributed by atoms with Crippen molar-refractivity contribution >= 4 is 5.91 Å². The van der Waals surface area contributed by atoms with Crippen LogP contribution in [0.4, 0.5) is 0 Å². The quantitative estimate of drug-likeness (QED) is 0.829. The summed E-state index contributed by atoms with van der Waals surface area (Å²) in [5.41, 5.74) is -0.678. The van der Waals surface area contributed by atoms with Gasteiger partial charge in [0.15, 0.2) is 0 Å². The molecule has 1 amide bonds. The van der Waals surface area contributed by atoms with Crippen LogP contribution >= 0.6 is 0 Å². The Kier molecular flexibility index (Phi) is 5.94. The third-order valence-electron chi connectivity index (χ3n) is 5.74. The molecule has 0 saturated carbocycles. The van der Waals surface area contributed by atoms with Gasteiger partial charge in [0, 0.05) is 26.1 Å². The molecule has 0 aromatic rings. The molecule has 3 fully saturated rings. The Balaban J connectivity index is 1.41. The number of likely N-dealkylation sites (tertiary alicyclic amines) is 3. The first-order valence-electron chi connectivity index (χ1n) is 9.60. The fourth-order valence-corrected chi connectivity index (χ4v) is 4.33. The van der Waals surface area contributed by atoms with Crippen molar-refractivity contribution in [3.8, 4) is 0 Å². The molecule has 0 aromatic heterocycles. The van der Waals surface area contributed by atoms with Gasteiger partial charge >= 0.3 is 0 Å². The van der Waals surface area contributed by atoms with Crippen LogP contribution in [0.1, 0.15) is 51.4 Å². The summed E-state index contributed by atoms with van der Waals surface area (Å²) in [5, 5.41) is 10.8. The Morgan fingerprint density at radius 2 is 1.48 bits per heavy atom. The number of carbonyl (C=O) groups is 1. The Morgan fingerprint density at radius 1 is 0.870 bits per heavy atom. The van der Waals surface area contributed by atoms with E-state index in [-0.39, 0.29) is 5.91 Å². The van der Waals surface area contributed by atoms with Crippen molar-refractivity contribution in [3.63, 3.8) is 0 Å². The van der Waals surface area contributed by atoms with Crippen molar-refractivity contribution in [2.45, 2.75) is 57.0 Å². The molecule has 0 radical (unpaired) electrons. The molecule has 1 N–H and O–H groups in total. The number of hydrogen-bond donors (Lipinski definition) is 1. The second-order valence-corrected chi connectivity index (χ2v) is 7.78. The molecular formula is C18H33N3O2. The first kappa shape index (κ1) is 17.2. The molecule has 0 bridgehead atoms. The average Bonchev–Trinajstić information content (AvgIpc) is 3.09. The molecule has 3 rings (SSSR count). The molecule has 3 aliphatic rings. The van der Waals surface area contributed by atoms with Crippen molar-refractivity contribution < 1.29 is 9.90 Å². The maximum Gasteiger partial charge on any atom is 0.223 e. The van der Waals surface area contributed by atoms with E-state index in [4.69, 9.17) is 0 Å². The topological polar surface area (TPSA) is 47.0 Å². The summed E-state index contributed by atoms with van der Waals surface area (Å²) in [6, 6.07) is 0. The van der Waals surface area contributed by atoms with E-state index >= 15 is 0 Å². The summed E-state index contributed by atoms with van der Waals surface area (Å²) in [6.45, 7) is 7.38. The zero-order valence-corrected chi connectivity index (χ0v) is 14.5. The van der Waals surface area contributed by atoms with Crippen molar-refractivity contribution in [3.05, 3.63) is 0 Å². The van der Waals surface area contributed by atoms with Gasteiger partial charge in [-0.15, -0.1) is 0 Å². The Morgan fingerprint density at radius 3 is 2.17 bits per heavy atom. The molecule has 5 nitrogen and oxygen atoms in total. The molecule has 0 aliphatic carbocycles. The molecule has 23 heavy (non-hydrogen) atoms. The molecule has 5 heteroatoms. The zero-order chi connectivity index (χ0) is 16.1. The number of β-amino-alcohol motifs (C(OH)–C–C–N with tert-alkyl or cyclic N) is 1. The lowest BCUT2D eigenvalue weighted by Crippen LogP contribution is -2.45. The lowest BCUT2D eigenvalue weighted by Gasteiger charge is -2.28. The molecule has 132 valence electrons. The molecule has 3 aliphatic heterocycles. The van der Waals surface area contributed by atoms with Crippen molar-refractivity contribution in [2.75, 3.05) is 52.4 Å². The zero-order valence-electron chi connectivity index (χ0n) is 14.5. The largest absolute Gasteiger partial charge is 0.387 e.